The van der Waals surface area contributed by atoms with E-state index in [0.29, 0.717) is 46.3 Å². The molecule has 0 radical (unpaired) electrons. The number of nitrogens with one attached hydrogen (secondary N) is 3. The molecular weight excluding hydrogens is 464 g/mol. The molecule has 2 aromatic rings. The topological polar surface area (TPSA) is 118 Å². The summed E-state index contributed by atoms with van der Waals surface area (Å²) in [5.41, 5.74) is 2.63. The maximum absolute atomic E-state index is 12.8. The first kappa shape index (κ1) is 26.4. The van der Waals surface area contributed by atoms with Crippen LogP contribution >= 0.6 is 0 Å². The number of carbonyl (C=O) groups is 3. The lowest BCUT2D eigenvalue weighted by Gasteiger charge is -2.35. The number of hydrogen-bond donors (Lipinski definition) is 3. The van der Waals surface area contributed by atoms with E-state index in [1.165, 1.54) is 14.2 Å². The van der Waals surface area contributed by atoms with Gasteiger partial charge in [0, 0.05) is 24.0 Å². The molecule has 1 heterocycles. The largest absolute Gasteiger partial charge is 0.497 e. The fourth-order valence-corrected chi connectivity index (χ4v) is 3.94. The monoisotopic (exact) mass is 496 g/mol. The molecule has 36 heavy (non-hydrogen) atoms. The third-order valence-corrected chi connectivity index (χ3v) is 5.90. The van der Waals surface area contributed by atoms with Crippen LogP contribution < -0.4 is 25.4 Å². The molecule has 0 spiro atoms. The van der Waals surface area contributed by atoms with Crippen LogP contribution in [0.3, 0.4) is 0 Å². The maximum atomic E-state index is 12.8. The number of anilines is 2. The van der Waals surface area contributed by atoms with Crippen molar-refractivity contribution in [3.8, 4) is 11.5 Å². The second-order valence-corrected chi connectivity index (χ2v) is 8.15. The van der Waals surface area contributed by atoms with E-state index in [-0.39, 0.29) is 6.03 Å². The van der Waals surface area contributed by atoms with E-state index >= 15 is 0 Å². The summed E-state index contributed by atoms with van der Waals surface area (Å²) in [7, 11) is 4.36. The second-order valence-electron chi connectivity index (χ2n) is 8.15. The van der Waals surface area contributed by atoms with Crippen LogP contribution in [-0.4, -0.2) is 50.8 Å². The Bertz CT molecular complexity index is 1150. The molecule has 3 N–H and O–H groups in total. The van der Waals surface area contributed by atoms with Gasteiger partial charge in [-0.25, -0.2) is 14.4 Å². The first-order chi connectivity index (χ1) is 17.3. The third kappa shape index (κ3) is 5.88. The summed E-state index contributed by atoms with van der Waals surface area (Å²) in [5.74, 6) is 0.555. The van der Waals surface area contributed by atoms with Gasteiger partial charge in [-0.05, 0) is 43.2 Å². The first-order valence-corrected chi connectivity index (χ1v) is 11.6. The van der Waals surface area contributed by atoms with Crippen molar-refractivity contribution < 1.29 is 28.6 Å². The Morgan fingerprint density at radius 3 is 2.36 bits per heavy atom. The lowest BCUT2D eigenvalue weighted by Crippen LogP contribution is -2.48. The highest BCUT2D eigenvalue weighted by atomic mass is 16.5. The van der Waals surface area contributed by atoms with Crippen molar-refractivity contribution >= 4 is 29.4 Å². The molecule has 2 aromatic carbocycles. The van der Waals surface area contributed by atoms with Gasteiger partial charge >= 0.3 is 18.0 Å². The highest BCUT2D eigenvalue weighted by Crippen LogP contribution is 2.32. The van der Waals surface area contributed by atoms with Gasteiger partial charge in [0.15, 0.2) is 0 Å². The predicted molar refractivity (Wildman–Crippen MR) is 136 cm³/mol. The molecule has 0 aromatic heterocycles. The van der Waals surface area contributed by atoms with Gasteiger partial charge in [-0.2, -0.15) is 0 Å². The zero-order valence-corrected chi connectivity index (χ0v) is 21.1. The summed E-state index contributed by atoms with van der Waals surface area (Å²) in [4.78, 5) is 39.5. The number of urea groups is 2. The fraction of sp³-hybridized carbons (Fsp3) is 0.346. The van der Waals surface area contributed by atoms with Gasteiger partial charge in [-0.3, -0.25) is 4.90 Å². The molecule has 0 saturated carbocycles. The molecule has 1 aliphatic rings. The van der Waals surface area contributed by atoms with Crippen molar-refractivity contribution in [2.45, 2.75) is 32.7 Å². The summed E-state index contributed by atoms with van der Waals surface area (Å²) >= 11 is 0. The molecule has 1 aliphatic heterocycles. The van der Waals surface area contributed by atoms with Crippen LogP contribution in [-0.2, 0) is 9.53 Å². The molecule has 0 saturated heterocycles. The zero-order chi connectivity index (χ0) is 26.2. The van der Waals surface area contributed by atoms with Gasteiger partial charge in [0.1, 0.15) is 11.5 Å². The molecule has 1 unspecified atom stereocenters. The number of hydrogen-bond acceptors (Lipinski definition) is 6. The highest BCUT2D eigenvalue weighted by Gasteiger charge is 2.35. The Morgan fingerprint density at radius 1 is 1.03 bits per heavy atom. The van der Waals surface area contributed by atoms with E-state index in [9.17, 15) is 14.4 Å². The summed E-state index contributed by atoms with van der Waals surface area (Å²) < 4.78 is 15.5. The second kappa shape index (κ2) is 12.0. The number of allylic oxidation sites excluding steroid dienone is 1. The number of nitrogens with zero attached hydrogens (tertiary/aromatic N) is 1. The van der Waals surface area contributed by atoms with E-state index in [1.54, 1.807) is 61.4 Å². The van der Waals surface area contributed by atoms with Crippen LogP contribution in [0, 0.1) is 0 Å². The van der Waals surface area contributed by atoms with E-state index in [2.05, 4.69) is 16.0 Å². The molecule has 3 rings (SSSR count). The highest BCUT2D eigenvalue weighted by molar-refractivity contribution is 6.01. The number of unbranched alkanes of at least 4 members (excludes halogenated alkanes) is 1. The number of rotatable bonds is 9. The number of amides is 4. The minimum atomic E-state index is -0.672. The van der Waals surface area contributed by atoms with Crippen molar-refractivity contribution in [2.24, 2.45) is 0 Å². The smallest absolute Gasteiger partial charge is 0.337 e. The SMILES string of the molecule is CCCCN1C(=O)NC(c2ccc(NC(=O)Nc3ccc(OC)cc3OC)cc2)C(C(=O)OC)=C1C. The van der Waals surface area contributed by atoms with Crippen molar-refractivity contribution in [3.05, 3.63) is 59.3 Å². The number of ether oxygens (including phenoxy) is 3. The van der Waals surface area contributed by atoms with Crippen LogP contribution in [0.5, 0.6) is 11.5 Å². The van der Waals surface area contributed by atoms with Crippen LogP contribution in [0.25, 0.3) is 0 Å². The van der Waals surface area contributed by atoms with Crippen LogP contribution in [0.4, 0.5) is 21.0 Å². The zero-order valence-electron chi connectivity index (χ0n) is 21.1. The van der Waals surface area contributed by atoms with Crippen molar-refractivity contribution in [3.63, 3.8) is 0 Å². The van der Waals surface area contributed by atoms with E-state index in [1.807, 2.05) is 6.92 Å². The van der Waals surface area contributed by atoms with Crippen LogP contribution in [0.15, 0.2) is 53.7 Å². The molecule has 10 heteroatoms. The Balaban J connectivity index is 1.77. The quantitative estimate of drug-likeness (QED) is 0.435. The normalized spacial score (nSPS) is 15.2. The Labute approximate surface area is 210 Å². The predicted octanol–water partition coefficient (Wildman–Crippen LogP) is 4.66. The lowest BCUT2D eigenvalue weighted by molar-refractivity contribution is -0.136. The summed E-state index contributed by atoms with van der Waals surface area (Å²) in [6.07, 6.45) is 1.73. The van der Waals surface area contributed by atoms with Gasteiger partial charge in [0.2, 0.25) is 0 Å². The van der Waals surface area contributed by atoms with E-state index in [0.717, 1.165) is 12.8 Å². The molecule has 0 aliphatic carbocycles. The third-order valence-electron chi connectivity index (χ3n) is 5.90. The van der Waals surface area contributed by atoms with Crippen LogP contribution in [0.1, 0.15) is 38.3 Å². The maximum Gasteiger partial charge on any atom is 0.337 e. The molecule has 0 bridgehead atoms. The van der Waals surface area contributed by atoms with Gasteiger partial charge < -0.3 is 30.2 Å². The fourth-order valence-electron chi connectivity index (χ4n) is 3.94. The van der Waals surface area contributed by atoms with Gasteiger partial charge in [-0.15, -0.1) is 0 Å². The molecule has 0 fully saturated rings. The average molecular weight is 497 g/mol. The van der Waals surface area contributed by atoms with E-state index < -0.39 is 18.0 Å². The van der Waals surface area contributed by atoms with Gasteiger partial charge in [0.25, 0.3) is 0 Å². The number of esters is 1. The number of methoxy groups -OCH3 is 3. The average Bonchev–Trinajstić information content (AvgIpc) is 2.88. The summed E-state index contributed by atoms with van der Waals surface area (Å²) in [6.45, 7) is 4.30. The Kier molecular flexibility index (Phi) is 8.77. The number of benzene rings is 2. The molecule has 10 nitrogen and oxygen atoms in total. The van der Waals surface area contributed by atoms with Crippen molar-refractivity contribution in [1.29, 1.82) is 0 Å². The standard InChI is InChI=1S/C26H32N4O6/c1-6-7-14-30-16(2)22(24(31)36-5)23(29-26(30)33)17-8-10-18(11-9-17)27-25(32)28-20-13-12-19(34-3)15-21(20)35-4/h8-13,15,23H,6-7,14H2,1-5H3,(H,29,33)(H2,27,28,32). The van der Waals surface area contributed by atoms with E-state index in [4.69, 9.17) is 14.2 Å². The number of carbonyl (C=O) groups excluding carboxylic acids is 3. The Hall–Kier alpha value is -4.21. The van der Waals surface area contributed by atoms with Crippen molar-refractivity contribution in [2.75, 3.05) is 38.5 Å². The molecule has 1 atom stereocenters. The minimum Gasteiger partial charge on any atom is -0.497 e. The van der Waals surface area contributed by atoms with Crippen molar-refractivity contribution in [1.82, 2.24) is 10.2 Å². The van der Waals surface area contributed by atoms with Gasteiger partial charge in [0.05, 0.1) is 38.6 Å². The van der Waals surface area contributed by atoms with Crippen LogP contribution in [0.2, 0.25) is 0 Å². The molecule has 4 amide bonds. The molecular formula is C26H32N4O6. The van der Waals surface area contributed by atoms with Gasteiger partial charge in [-0.1, -0.05) is 25.5 Å². The summed E-state index contributed by atoms with van der Waals surface area (Å²) in [6, 6.07) is 10.5. The lowest BCUT2D eigenvalue weighted by atomic mass is 9.94. The first-order valence-electron chi connectivity index (χ1n) is 11.6. The summed E-state index contributed by atoms with van der Waals surface area (Å²) in [5, 5.41) is 8.40. The Morgan fingerprint density at radius 2 is 1.75 bits per heavy atom. The molecule has 192 valence electrons. The minimum absolute atomic E-state index is 0.270.